The first-order chi connectivity index (χ1) is 13.8. The number of alkyl halides is 3. The van der Waals surface area contributed by atoms with Crippen LogP contribution in [0.25, 0.3) is 0 Å². The highest BCUT2D eigenvalue weighted by atomic mass is 19.4. The van der Waals surface area contributed by atoms with Gasteiger partial charge in [-0.05, 0) is 42.9 Å². The van der Waals surface area contributed by atoms with Crippen LogP contribution in [0.3, 0.4) is 0 Å². The second kappa shape index (κ2) is 9.11. The first-order valence-corrected chi connectivity index (χ1v) is 9.49. The molecule has 1 saturated heterocycles. The molecule has 1 aliphatic heterocycles. The second-order valence-corrected chi connectivity index (χ2v) is 7.13. The number of halogens is 3. The molecule has 154 valence electrons. The van der Waals surface area contributed by atoms with Crippen molar-refractivity contribution in [1.82, 2.24) is 4.90 Å². The zero-order valence-electron chi connectivity index (χ0n) is 15.8. The predicted octanol–water partition coefficient (Wildman–Crippen LogP) is 4.34. The van der Waals surface area contributed by atoms with E-state index in [1.807, 2.05) is 18.2 Å². The molecule has 1 amide bonds. The minimum Gasteiger partial charge on any atom is -0.452 e. The molecule has 0 bridgehead atoms. The van der Waals surface area contributed by atoms with Gasteiger partial charge in [-0.25, -0.2) is 4.79 Å². The summed E-state index contributed by atoms with van der Waals surface area (Å²) in [5.41, 5.74) is -0.400. The number of ether oxygens (including phenoxy) is 1. The van der Waals surface area contributed by atoms with Crippen LogP contribution in [0.2, 0.25) is 0 Å². The van der Waals surface area contributed by atoms with Crippen molar-refractivity contribution in [1.29, 1.82) is 0 Å². The molecule has 2 aromatic carbocycles. The summed E-state index contributed by atoms with van der Waals surface area (Å²) in [4.78, 5) is 26.0. The number of piperidine rings is 1. The molecule has 0 unspecified atom stereocenters. The summed E-state index contributed by atoms with van der Waals surface area (Å²) in [6.07, 6.45) is -2.04. The van der Waals surface area contributed by atoms with E-state index in [0.717, 1.165) is 31.4 Å². The average Bonchev–Trinajstić information content (AvgIpc) is 2.72. The molecule has 1 heterocycles. The van der Waals surface area contributed by atoms with Crippen LogP contribution in [-0.4, -0.2) is 36.5 Å². The van der Waals surface area contributed by atoms with Crippen LogP contribution in [0, 0.1) is 5.92 Å². The maximum atomic E-state index is 13.0. The smallest absolute Gasteiger partial charge is 0.417 e. The Morgan fingerprint density at radius 2 is 1.59 bits per heavy atom. The summed E-state index contributed by atoms with van der Waals surface area (Å²) in [5.74, 6) is -1.06. The molecule has 1 aliphatic rings. The van der Waals surface area contributed by atoms with Gasteiger partial charge < -0.3 is 9.64 Å². The largest absolute Gasteiger partial charge is 0.452 e. The quantitative estimate of drug-likeness (QED) is 0.695. The van der Waals surface area contributed by atoms with Crippen LogP contribution in [0.5, 0.6) is 0 Å². The summed E-state index contributed by atoms with van der Waals surface area (Å²) >= 11 is 0. The van der Waals surface area contributed by atoms with E-state index < -0.39 is 29.9 Å². The summed E-state index contributed by atoms with van der Waals surface area (Å²) in [5, 5.41) is 0. The lowest BCUT2D eigenvalue weighted by atomic mass is 9.90. The fourth-order valence-electron chi connectivity index (χ4n) is 3.54. The van der Waals surface area contributed by atoms with Crippen molar-refractivity contribution < 1.29 is 27.5 Å². The van der Waals surface area contributed by atoms with E-state index >= 15 is 0 Å². The number of hydrogen-bond donors (Lipinski definition) is 0. The Morgan fingerprint density at radius 1 is 0.966 bits per heavy atom. The van der Waals surface area contributed by atoms with Crippen LogP contribution in [-0.2, 0) is 22.1 Å². The van der Waals surface area contributed by atoms with Crippen molar-refractivity contribution in [2.45, 2.75) is 25.4 Å². The van der Waals surface area contributed by atoms with Gasteiger partial charge in [-0.15, -0.1) is 0 Å². The molecule has 3 rings (SSSR count). The zero-order valence-corrected chi connectivity index (χ0v) is 15.8. The van der Waals surface area contributed by atoms with Crippen molar-refractivity contribution in [3.63, 3.8) is 0 Å². The second-order valence-electron chi connectivity index (χ2n) is 7.13. The molecule has 7 heteroatoms. The van der Waals surface area contributed by atoms with Gasteiger partial charge in [0, 0.05) is 13.1 Å². The normalized spacial score (nSPS) is 15.2. The molecule has 0 radical (unpaired) electrons. The Balaban J connectivity index is 1.49. The topological polar surface area (TPSA) is 46.6 Å². The highest BCUT2D eigenvalue weighted by Gasteiger charge is 2.35. The number of nitrogens with zero attached hydrogens (tertiary/aromatic N) is 1. The zero-order chi connectivity index (χ0) is 20.9. The lowest BCUT2D eigenvalue weighted by Gasteiger charge is -2.32. The van der Waals surface area contributed by atoms with Gasteiger partial charge in [0.05, 0.1) is 11.1 Å². The van der Waals surface area contributed by atoms with Crippen LogP contribution in [0.4, 0.5) is 13.2 Å². The van der Waals surface area contributed by atoms with Crippen molar-refractivity contribution in [3.8, 4) is 0 Å². The molecule has 0 spiro atoms. The molecular formula is C22H22F3NO3. The predicted molar refractivity (Wildman–Crippen MR) is 101 cm³/mol. The minimum absolute atomic E-state index is 0.388. The molecule has 0 aliphatic carbocycles. The van der Waals surface area contributed by atoms with E-state index in [4.69, 9.17) is 4.74 Å². The highest BCUT2D eigenvalue weighted by molar-refractivity contribution is 5.93. The summed E-state index contributed by atoms with van der Waals surface area (Å²) in [6, 6.07) is 14.5. The Hall–Kier alpha value is -2.83. The Kier molecular flexibility index (Phi) is 6.56. The van der Waals surface area contributed by atoms with Gasteiger partial charge in [0.2, 0.25) is 0 Å². The van der Waals surface area contributed by atoms with E-state index in [0.29, 0.717) is 19.0 Å². The van der Waals surface area contributed by atoms with E-state index in [-0.39, 0.29) is 5.91 Å². The molecule has 4 nitrogen and oxygen atoms in total. The van der Waals surface area contributed by atoms with E-state index in [9.17, 15) is 22.8 Å². The molecule has 0 aromatic heterocycles. The third kappa shape index (κ3) is 5.59. The number of esters is 1. The first kappa shape index (κ1) is 20.9. The Labute approximate surface area is 167 Å². The molecule has 2 aromatic rings. The van der Waals surface area contributed by atoms with Crippen molar-refractivity contribution in [3.05, 3.63) is 71.3 Å². The molecule has 0 N–H and O–H groups in total. The van der Waals surface area contributed by atoms with Crippen molar-refractivity contribution in [2.75, 3.05) is 19.7 Å². The van der Waals surface area contributed by atoms with Gasteiger partial charge in [0.1, 0.15) is 0 Å². The Bertz CT molecular complexity index is 844. The third-order valence-electron chi connectivity index (χ3n) is 5.11. The number of benzene rings is 2. The standard InChI is InChI=1S/C22H22F3NO3/c23-22(24,25)19-9-5-4-8-18(19)21(28)29-15-20(27)26-12-10-17(11-13-26)14-16-6-2-1-3-7-16/h1-9,17H,10-15H2. The van der Waals surface area contributed by atoms with Crippen LogP contribution < -0.4 is 0 Å². The van der Waals surface area contributed by atoms with Crippen LogP contribution >= 0.6 is 0 Å². The molecule has 0 saturated carbocycles. The number of likely N-dealkylation sites (tertiary alicyclic amines) is 1. The number of carbonyl (C=O) groups is 2. The van der Waals surface area contributed by atoms with Gasteiger partial charge in [-0.1, -0.05) is 42.5 Å². The van der Waals surface area contributed by atoms with E-state index in [2.05, 4.69) is 12.1 Å². The van der Waals surface area contributed by atoms with Gasteiger partial charge in [-0.2, -0.15) is 13.2 Å². The lowest BCUT2D eigenvalue weighted by Crippen LogP contribution is -2.41. The van der Waals surface area contributed by atoms with Crippen LogP contribution in [0.15, 0.2) is 54.6 Å². The van der Waals surface area contributed by atoms with Crippen molar-refractivity contribution >= 4 is 11.9 Å². The SMILES string of the molecule is O=C(OCC(=O)N1CCC(Cc2ccccc2)CC1)c1ccccc1C(F)(F)F. The molecule has 0 atom stereocenters. The monoisotopic (exact) mass is 405 g/mol. The Morgan fingerprint density at radius 3 is 2.24 bits per heavy atom. The summed E-state index contributed by atoms with van der Waals surface area (Å²) in [7, 11) is 0. The van der Waals surface area contributed by atoms with Gasteiger partial charge >= 0.3 is 12.1 Å². The van der Waals surface area contributed by atoms with Gasteiger partial charge in [0.25, 0.3) is 5.91 Å². The average molecular weight is 405 g/mol. The number of amides is 1. The number of carbonyl (C=O) groups excluding carboxylic acids is 2. The van der Waals surface area contributed by atoms with Crippen LogP contribution in [0.1, 0.15) is 34.3 Å². The fraction of sp³-hybridized carbons (Fsp3) is 0.364. The summed E-state index contributed by atoms with van der Waals surface area (Å²) < 4.78 is 43.9. The molecular weight excluding hydrogens is 383 g/mol. The van der Waals surface area contributed by atoms with Gasteiger partial charge in [-0.3, -0.25) is 4.79 Å². The van der Waals surface area contributed by atoms with Gasteiger partial charge in [0.15, 0.2) is 6.61 Å². The van der Waals surface area contributed by atoms with E-state index in [1.54, 1.807) is 4.90 Å². The number of hydrogen-bond acceptors (Lipinski definition) is 3. The molecule has 1 fully saturated rings. The molecule has 29 heavy (non-hydrogen) atoms. The van der Waals surface area contributed by atoms with Crippen molar-refractivity contribution in [2.24, 2.45) is 5.92 Å². The minimum atomic E-state index is -4.67. The maximum absolute atomic E-state index is 13.0. The highest BCUT2D eigenvalue weighted by Crippen LogP contribution is 2.32. The maximum Gasteiger partial charge on any atom is 0.417 e. The fourth-order valence-corrected chi connectivity index (χ4v) is 3.54. The van der Waals surface area contributed by atoms with E-state index in [1.165, 1.54) is 17.7 Å². The lowest BCUT2D eigenvalue weighted by molar-refractivity contribution is -0.138. The third-order valence-corrected chi connectivity index (χ3v) is 5.11. The number of rotatable bonds is 5. The summed E-state index contributed by atoms with van der Waals surface area (Å²) in [6.45, 7) is 0.536. The first-order valence-electron chi connectivity index (χ1n) is 9.49.